The van der Waals surface area contributed by atoms with Crippen molar-refractivity contribution in [3.05, 3.63) is 28.0 Å². The van der Waals surface area contributed by atoms with Gasteiger partial charge in [0.1, 0.15) is 5.82 Å². The van der Waals surface area contributed by atoms with Gasteiger partial charge >= 0.3 is 0 Å². The molecule has 4 heteroatoms. The molecule has 0 amide bonds. The fraction of sp³-hybridized carbons (Fsp3) is 0.364. The zero-order chi connectivity index (χ0) is 10.8. The predicted octanol–water partition coefficient (Wildman–Crippen LogP) is 3.81. The molecule has 1 heterocycles. The van der Waals surface area contributed by atoms with E-state index in [1.807, 2.05) is 0 Å². The molecule has 1 aromatic heterocycles. The van der Waals surface area contributed by atoms with Crippen molar-refractivity contribution >= 4 is 38.6 Å². The highest BCUT2D eigenvalue weighted by atomic mass is 79.9. The topological polar surface area (TPSA) is 28.7 Å². The predicted molar refractivity (Wildman–Crippen MR) is 67.6 cm³/mol. The van der Waals surface area contributed by atoms with E-state index >= 15 is 0 Å². The van der Waals surface area contributed by atoms with E-state index in [9.17, 15) is 0 Å². The Morgan fingerprint density at radius 2 is 2.27 bits per heavy atom. The average molecular weight is 288 g/mol. The van der Waals surface area contributed by atoms with Gasteiger partial charge in [-0.15, -0.1) is 11.6 Å². The Hall–Kier alpha value is -0.540. The molecule has 2 rings (SSSR count). The van der Waals surface area contributed by atoms with Crippen LogP contribution in [0.5, 0.6) is 0 Å². The van der Waals surface area contributed by atoms with Gasteiger partial charge in [0, 0.05) is 16.8 Å². The van der Waals surface area contributed by atoms with Gasteiger partial charge in [-0.1, -0.05) is 15.9 Å². The number of fused-ring (bicyclic) bond motifs is 1. The SMILES string of the molecule is Cc1cc(Br)cc2[nH]c(CCCCl)nc12. The van der Waals surface area contributed by atoms with Gasteiger partial charge in [-0.3, -0.25) is 0 Å². The molecule has 2 nitrogen and oxygen atoms in total. The quantitative estimate of drug-likeness (QED) is 0.855. The summed E-state index contributed by atoms with van der Waals surface area (Å²) in [5, 5.41) is 0. The van der Waals surface area contributed by atoms with Crippen molar-refractivity contribution in [1.29, 1.82) is 0 Å². The summed E-state index contributed by atoms with van der Waals surface area (Å²) in [6.07, 6.45) is 1.87. The molecule has 0 aliphatic heterocycles. The smallest absolute Gasteiger partial charge is 0.107 e. The fourth-order valence-electron chi connectivity index (χ4n) is 1.65. The Morgan fingerprint density at radius 1 is 1.47 bits per heavy atom. The van der Waals surface area contributed by atoms with Crippen LogP contribution < -0.4 is 0 Å². The van der Waals surface area contributed by atoms with Gasteiger partial charge in [-0.25, -0.2) is 4.98 Å². The summed E-state index contributed by atoms with van der Waals surface area (Å²) in [5.74, 6) is 1.70. The second-order valence-corrected chi connectivity index (χ2v) is 4.89. The normalized spacial score (nSPS) is 11.1. The summed E-state index contributed by atoms with van der Waals surface area (Å²) in [6, 6.07) is 4.13. The van der Waals surface area contributed by atoms with Crippen LogP contribution in [0.2, 0.25) is 0 Å². The summed E-state index contributed by atoms with van der Waals surface area (Å²) >= 11 is 9.13. The van der Waals surface area contributed by atoms with E-state index in [0.29, 0.717) is 5.88 Å². The minimum Gasteiger partial charge on any atom is -0.342 e. The number of nitrogens with zero attached hydrogens (tertiary/aromatic N) is 1. The first-order chi connectivity index (χ1) is 7.20. The van der Waals surface area contributed by atoms with E-state index in [1.165, 1.54) is 5.56 Å². The number of rotatable bonds is 3. The first kappa shape index (κ1) is 11.0. The van der Waals surface area contributed by atoms with Gasteiger partial charge < -0.3 is 4.98 Å². The zero-order valence-electron chi connectivity index (χ0n) is 8.48. The van der Waals surface area contributed by atoms with Gasteiger partial charge in [-0.2, -0.15) is 0 Å². The summed E-state index contributed by atoms with van der Waals surface area (Å²) < 4.78 is 1.08. The number of aromatic nitrogens is 2. The van der Waals surface area contributed by atoms with Crippen molar-refractivity contribution in [2.45, 2.75) is 19.8 Å². The van der Waals surface area contributed by atoms with E-state index in [0.717, 1.165) is 34.2 Å². The maximum absolute atomic E-state index is 5.66. The van der Waals surface area contributed by atoms with Crippen molar-refractivity contribution in [1.82, 2.24) is 9.97 Å². The van der Waals surface area contributed by atoms with E-state index in [2.05, 4.69) is 45.0 Å². The second-order valence-electron chi connectivity index (χ2n) is 3.59. The molecule has 0 radical (unpaired) electrons. The van der Waals surface area contributed by atoms with Gasteiger partial charge in [0.2, 0.25) is 0 Å². The lowest BCUT2D eigenvalue weighted by atomic mass is 10.2. The fourth-order valence-corrected chi connectivity index (χ4v) is 2.36. The van der Waals surface area contributed by atoms with Crippen molar-refractivity contribution in [2.75, 3.05) is 5.88 Å². The van der Waals surface area contributed by atoms with Crippen molar-refractivity contribution in [2.24, 2.45) is 0 Å². The first-order valence-corrected chi connectivity index (χ1v) is 6.24. The van der Waals surface area contributed by atoms with Gasteiger partial charge in [0.15, 0.2) is 0 Å². The van der Waals surface area contributed by atoms with Crippen LogP contribution in [-0.2, 0) is 6.42 Å². The summed E-state index contributed by atoms with van der Waals surface area (Å²) in [6.45, 7) is 2.07. The highest BCUT2D eigenvalue weighted by molar-refractivity contribution is 9.10. The van der Waals surface area contributed by atoms with Crippen LogP contribution in [0.25, 0.3) is 11.0 Å². The molecule has 0 unspecified atom stereocenters. The Morgan fingerprint density at radius 3 is 3.00 bits per heavy atom. The Bertz CT molecular complexity index is 479. The van der Waals surface area contributed by atoms with Crippen molar-refractivity contribution < 1.29 is 0 Å². The highest BCUT2D eigenvalue weighted by Crippen LogP contribution is 2.22. The minimum absolute atomic E-state index is 0.680. The zero-order valence-corrected chi connectivity index (χ0v) is 10.8. The molecule has 0 saturated carbocycles. The van der Waals surface area contributed by atoms with E-state index < -0.39 is 0 Å². The minimum atomic E-state index is 0.680. The monoisotopic (exact) mass is 286 g/mol. The molecule has 1 aromatic carbocycles. The van der Waals surface area contributed by atoms with Crippen LogP contribution in [0.15, 0.2) is 16.6 Å². The number of H-pyrrole nitrogens is 1. The van der Waals surface area contributed by atoms with Crippen molar-refractivity contribution in [3.8, 4) is 0 Å². The van der Waals surface area contributed by atoms with Gasteiger partial charge in [0.25, 0.3) is 0 Å². The number of nitrogens with one attached hydrogen (secondary N) is 1. The van der Waals surface area contributed by atoms with Crippen LogP contribution in [0.1, 0.15) is 17.8 Å². The largest absolute Gasteiger partial charge is 0.342 e. The number of imidazole rings is 1. The number of aromatic amines is 1. The maximum Gasteiger partial charge on any atom is 0.107 e. The lowest BCUT2D eigenvalue weighted by molar-refractivity contribution is 0.866. The molecule has 0 atom stereocenters. The second kappa shape index (κ2) is 4.54. The molecule has 2 aromatic rings. The number of aryl methyl sites for hydroxylation is 2. The van der Waals surface area contributed by atoms with Crippen LogP contribution in [0.3, 0.4) is 0 Å². The standard InChI is InChI=1S/C11H12BrClN2/c1-7-5-8(12)6-9-11(7)15-10(14-9)3-2-4-13/h5-6H,2-4H2,1H3,(H,14,15). The molecule has 0 aliphatic rings. The summed E-state index contributed by atoms with van der Waals surface area (Å²) in [4.78, 5) is 7.87. The Labute approximate surface area is 102 Å². The Kier molecular flexibility index (Phi) is 3.32. The van der Waals surface area contributed by atoms with Crippen LogP contribution >= 0.6 is 27.5 Å². The number of hydrogen-bond acceptors (Lipinski definition) is 1. The lowest BCUT2D eigenvalue weighted by Gasteiger charge is -1.94. The molecule has 0 aliphatic carbocycles. The molecule has 1 N–H and O–H groups in total. The Balaban J connectivity index is 2.41. The number of benzene rings is 1. The van der Waals surface area contributed by atoms with Crippen LogP contribution in [-0.4, -0.2) is 15.8 Å². The van der Waals surface area contributed by atoms with E-state index in [1.54, 1.807) is 0 Å². The number of halogens is 2. The number of hydrogen-bond donors (Lipinski definition) is 1. The van der Waals surface area contributed by atoms with Crippen LogP contribution in [0, 0.1) is 6.92 Å². The average Bonchev–Trinajstić information content (AvgIpc) is 2.57. The maximum atomic E-state index is 5.66. The summed E-state index contributed by atoms with van der Waals surface area (Å²) in [7, 11) is 0. The molecular formula is C11H12BrClN2. The molecule has 15 heavy (non-hydrogen) atoms. The van der Waals surface area contributed by atoms with E-state index in [4.69, 9.17) is 11.6 Å². The first-order valence-electron chi connectivity index (χ1n) is 4.91. The third-order valence-corrected chi connectivity index (χ3v) is 3.06. The number of alkyl halides is 1. The van der Waals surface area contributed by atoms with Gasteiger partial charge in [0.05, 0.1) is 11.0 Å². The van der Waals surface area contributed by atoms with Crippen LogP contribution in [0.4, 0.5) is 0 Å². The lowest BCUT2D eigenvalue weighted by Crippen LogP contribution is -1.88. The molecule has 0 spiro atoms. The molecule has 0 saturated heterocycles. The highest BCUT2D eigenvalue weighted by Gasteiger charge is 2.05. The third-order valence-electron chi connectivity index (χ3n) is 2.34. The van der Waals surface area contributed by atoms with Gasteiger partial charge in [-0.05, 0) is 31.0 Å². The summed E-state index contributed by atoms with van der Waals surface area (Å²) in [5.41, 5.74) is 3.34. The molecule has 0 fully saturated rings. The molecule has 80 valence electrons. The third kappa shape index (κ3) is 2.34. The molecule has 0 bridgehead atoms. The van der Waals surface area contributed by atoms with Crippen molar-refractivity contribution in [3.63, 3.8) is 0 Å². The molecular weight excluding hydrogens is 275 g/mol. The van der Waals surface area contributed by atoms with E-state index in [-0.39, 0.29) is 0 Å².